The highest BCUT2D eigenvalue weighted by Gasteiger charge is 2.03. The number of Topliss-reactive ketones (excluding diaryl/α,β-unsaturated/α-hetero) is 1. The summed E-state index contributed by atoms with van der Waals surface area (Å²) < 4.78 is 5.55. The van der Waals surface area contributed by atoms with Crippen molar-refractivity contribution in [3.8, 4) is 0 Å². The SMILES string of the molecule is CCC(=O)c1cccc(NCOCc2ccccc2)c1. The summed E-state index contributed by atoms with van der Waals surface area (Å²) in [7, 11) is 0. The Labute approximate surface area is 119 Å². The fourth-order valence-electron chi connectivity index (χ4n) is 1.88. The molecule has 0 amide bonds. The standard InChI is InChI=1S/C17H19NO2/c1-2-17(19)15-9-6-10-16(11-15)18-13-20-12-14-7-4-3-5-8-14/h3-11,18H,2,12-13H2,1H3. The van der Waals surface area contributed by atoms with Gasteiger partial charge in [0.1, 0.15) is 6.73 Å². The lowest BCUT2D eigenvalue weighted by atomic mass is 10.1. The van der Waals surface area contributed by atoms with Gasteiger partial charge in [-0.2, -0.15) is 0 Å². The third-order valence-electron chi connectivity index (χ3n) is 3.00. The number of anilines is 1. The lowest BCUT2D eigenvalue weighted by molar-refractivity contribution is 0.0988. The largest absolute Gasteiger partial charge is 0.363 e. The van der Waals surface area contributed by atoms with Crippen LogP contribution >= 0.6 is 0 Å². The molecule has 0 aliphatic carbocycles. The first-order valence-corrected chi connectivity index (χ1v) is 6.78. The first kappa shape index (κ1) is 14.3. The van der Waals surface area contributed by atoms with Crippen molar-refractivity contribution in [2.24, 2.45) is 0 Å². The first-order chi connectivity index (χ1) is 9.79. The summed E-state index contributed by atoms with van der Waals surface area (Å²) in [5, 5.41) is 3.16. The van der Waals surface area contributed by atoms with Crippen LogP contribution in [0.4, 0.5) is 5.69 Å². The molecule has 2 rings (SSSR count). The van der Waals surface area contributed by atoms with Gasteiger partial charge < -0.3 is 10.1 Å². The average molecular weight is 269 g/mol. The van der Waals surface area contributed by atoms with E-state index in [1.54, 1.807) is 0 Å². The molecular formula is C17H19NO2. The Morgan fingerprint density at radius 3 is 2.65 bits per heavy atom. The molecule has 0 atom stereocenters. The van der Waals surface area contributed by atoms with Gasteiger partial charge in [0.05, 0.1) is 6.61 Å². The number of hydrogen-bond donors (Lipinski definition) is 1. The summed E-state index contributed by atoms with van der Waals surface area (Å²) in [6.07, 6.45) is 0.522. The summed E-state index contributed by atoms with van der Waals surface area (Å²) in [5.41, 5.74) is 2.78. The molecule has 0 spiro atoms. The molecule has 0 saturated heterocycles. The summed E-state index contributed by atoms with van der Waals surface area (Å²) in [4.78, 5) is 11.6. The predicted octanol–water partition coefficient (Wildman–Crippen LogP) is 3.87. The number of benzene rings is 2. The van der Waals surface area contributed by atoms with E-state index in [0.29, 0.717) is 19.8 Å². The third-order valence-corrected chi connectivity index (χ3v) is 3.00. The van der Waals surface area contributed by atoms with Crippen LogP contribution in [-0.4, -0.2) is 12.5 Å². The Morgan fingerprint density at radius 1 is 1.10 bits per heavy atom. The van der Waals surface area contributed by atoms with Crippen LogP contribution < -0.4 is 5.32 Å². The molecule has 20 heavy (non-hydrogen) atoms. The molecule has 0 fully saturated rings. The van der Waals surface area contributed by atoms with Crippen LogP contribution in [0.1, 0.15) is 29.3 Å². The van der Waals surface area contributed by atoms with Gasteiger partial charge in [0.2, 0.25) is 0 Å². The number of carbonyl (C=O) groups excluding carboxylic acids is 1. The minimum absolute atomic E-state index is 0.152. The van der Waals surface area contributed by atoms with Crippen LogP contribution in [0.15, 0.2) is 54.6 Å². The van der Waals surface area contributed by atoms with Crippen molar-refractivity contribution in [1.82, 2.24) is 0 Å². The maximum Gasteiger partial charge on any atom is 0.162 e. The van der Waals surface area contributed by atoms with Crippen molar-refractivity contribution in [3.63, 3.8) is 0 Å². The molecule has 3 nitrogen and oxygen atoms in total. The Bertz CT molecular complexity index is 552. The van der Waals surface area contributed by atoms with Crippen LogP contribution in [0.25, 0.3) is 0 Å². The molecule has 3 heteroatoms. The third kappa shape index (κ3) is 4.21. The number of ether oxygens (including phenoxy) is 1. The average Bonchev–Trinajstić information content (AvgIpc) is 2.52. The van der Waals surface area contributed by atoms with Gasteiger partial charge in [-0.3, -0.25) is 4.79 Å². The van der Waals surface area contributed by atoms with Crippen LogP contribution in [0, 0.1) is 0 Å². The Kier molecular flexibility index (Phi) is 5.33. The monoisotopic (exact) mass is 269 g/mol. The Morgan fingerprint density at radius 2 is 1.90 bits per heavy atom. The van der Waals surface area contributed by atoms with E-state index in [1.165, 1.54) is 0 Å². The topological polar surface area (TPSA) is 38.3 Å². The molecule has 2 aromatic rings. The van der Waals surface area contributed by atoms with Crippen LogP contribution in [-0.2, 0) is 11.3 Å². The van der Waals surface area contributed by atoms with Crippen molar-refractivity contribution in [1.29, 1.82) is 0 Å². The van der Waals surface area contributed by atoms with Gasteiger partial charge in [0.25, 0.3) is 0 Å². The van der Waals surface area contributed by atoms with Gasteiger partial charge in [-0.1, -0.05) is 49.4 Å². The van der Waals surface area contributed by atoms with E-state index in [4.69, 9.17) is 4.74 Å². The number of carbonyl (C=O) groups is 1. The highest BCUT2D eigenvalue weighted by Crippen LogP contribution is 2.12. The highest BCUT2D eigenvalue weighted by atomic mass is 16.5. The molecule has 0 saturated carbocycles. The number of hydrogen-bond acceptors (Lipinski definition) is 3. The second-order valence-corrected chi connectivity index (χ2v) is 4.51. The molecule has 0 bridgehead atoms. The zero-order valence-corrected chi connectivity index (χ0v) is 11.6. The van der Waals surface area contributed by atoms with Gasteiger partial charge in [0.15, 0.2) is 5.78 Å². The predicted molar refractivity (Wildman–Crippen MR) is 80.8 cm³/mol. The molecule has 1 N–H and O–H groups in total. The Balaban J connectivity index is 1.81. The van der Waals surface area contributed by atoms with Crippen molar-refractivity contribution in [2.45, 2.75) is 20.0 Å². The van der Waals surface area contributed by atoms with E-state index in [0.717, 1.165) is 16.8 Å². The lowest BCUT2D eigenvalue weighted by Gasteiger charge is -2.09. The zero-order chi connectivity index (χ0) is 14.2. The van der Waals surface area contributed by atoms with Gasteiger partial charge in [0, 0.05) is 17.7 Å². The van der Waals surface area contributed by atoms with E-state index in [-0.39, 0.29) is 5.78 Å². The Hall–Kier alpha value is -2.13. The molecule has 0 aliphatic heterocycles. The van der Waals surface area contributed by atoms with Crippen LogP contribution in [0.2, 0.25) is 0 Å². The van der Waals surface area contributed by atoms with E-state index in [9.17, 15) is 4.79 Å². The second-order valence-electron chi connectivity index (χ2n) is 4.51. The summed E-state index contributed by atoms with van der Waals surface area (Å²) in [5.74, 6) is 0.152. The molecule has 0 radical (unpaired) electrons. The van der Waals surface area contributed by atoms with Gasteiger partial charge in [-0.25, -0.2) is 0 Å². The minimum atomic E-state index is 0.152. The van der Waals surface area contributed by atoms with Crippen LogP contribution in [0.3, 0.4) is 0 Å². The van der Waals surface area contributed by atoms with Gasteiger partial charge >= 0.3 is 0 Å². The zero-order valence-electron chi connectivity index (χ0n) is 11.6. The fraction of sp³-hybridized carbons (Fsp3) is 0.235. The maximum atomic E-state index is 11.6. The van der Waals surface area contributed by atoms with E-state index >= 15 is 0 Å². The van der Waals surface area contributed by atoms with E-state index in [2.05, 4.69) is 5.32 Å². The number of rotatable bonds is 7. The minimum Gasteiger partial charge on any atom is -0.363 e. The van der Waals surface area contributed by atoms with Crippen molar-refractivity contribution in [2.75, 3.05) is 12.0 Å². The van der Waals surface area contributed by atoms with Crippen molar-refractivity contribution < 1.29 is 9.53 Å². The smallest absolute Gasteiger partial charge is 0.162 e. The summed E-state index contributed by atoms with van der Waals surface area (Å²) >= 11 is 0. The molecule has 0 unspecified atom stereocenters. The number of nitrogens with one attached hydrogen (secondary N) is 1. The summed E-state index contributed by atoms with van der Waals surface area (Å²) in [6, 6.07) is 17.5. The van der Waals surface area contributed by atoms with E-state index < -0.39 is 0 Å². The molecule has 0 aliphatic rings. The fourth-order valence-corrected chi connectivity index (χ4v) is 1.88. The molecule has 2 aromatic carbocycles. The normalized spacial score (nSPS) is 10.2. The van der Waals surface area contributed by atoms with E-state index in [1.807, 2.05) is 61.5 Å². The van der Waals surface area contributed by atoms with Gasteiger partial charge in [-0.05, 0) is 17.7 Å². The van der Waals surface area contributed by atoms with Crippen molar-refractivity contribution in [3.05, 3.63) is 65.7 Å². The van der Waals surface area contributed by atoms with Gasteiger partial charge in [-0.15, -0.1) is 0 Å². The second kappa shape index (κ2) is 7.46. The molecule has 0 aromatic heterocycles. The van der Waals surface area contributed by atoms with Crippen molar-refractivity contribution >= 4 is 11.5 Å². The summed E-state index contributed by atoms with van der Waals surface area (Å²) in [6.45, 7) is 2.85. The lowest BCUT2D eigenvalue weighted by Crippen LogP contribution is -2.07. The molecule has 0 heterocycles. The first-order valence-electron chi connectivity index (χ1n) is 6.78. The molecular weight excluding hydrogens is 250 g/mol. The molecule has 104 valence electrons. The maximum absolute atomic E-state index is 11.6. The number of ketones is 1. The quantitative estimate of drug-likeness (QED) is 0.471. The highest BCUT2D eigenvalue weighted by molar-refractivity contribution is 5.96. The van der Waals surface area contributed by atoms with Crippen LogP contribution in [0.5, 0.6) is 0 Å².